The molecule has 1 aliphatic heterocycles. The number of aryl methyl sites for hydroxylation is 2. The van der Waals surface area contributed by atoms with Gasteiger partial charge < -0.3 is 9.64 Å². The van der Waals surface area contributed by atoms with Crippen molar-refractivity contribution in [1.29, 1.82) is 0 Å². The lowest BCUT2D eigenvalue weighted by atomic mass is 9.97. The summed E-state index contributed by atoms with van der Waals surface area (Å²) in [4.78, 5) is 14.3. The van der Waals surface area contributed by atoms with Crippen LogP contribution in [0.5, 0.6) is 5.75 Å². The molecule has 0 spiro atoms. The van der Waals surface area contributed by atoms with Gasteiger partial charge in [-0.3, -0.25) is 4.79 Å². The van der Waals surface area contributed by atoms with Crippen LogP contribution in [0.1, 0.15) is 44.2 Å². The van der Waals surface area contributed by atoms with Crippen molar-refractivity contribution in [3.63, 3.8) is 0 Å². The van der Waals surface area contributed by atoms with Crippen molar-refractivity contribution >= 4 is 5.91 Å². The van der Waals surface area contributed by atoms with Crippen LogP contribution in [0.25, 0.3) is 0 Å². The van der Waals surface area contributed by atoms with E-state index < -0.39 is 0 Å². The van der Waals surface area contributed by atoms with Crippen LogP contribution in [0.15, 0.2) is 18.2 Å². The molecule has 0 aromatic heterocycles. The van der Waals surface area contributed by atoms with Gasteiger partial charge in [-0.2, -0.15) is 0 Å². The molecule has 1 amide bonds. The van der Waals surface area contributed by atoms with E-state index in [9.17, 15) is 4.79 Å². The van der Waals surface area contributed by atoms with E-state index in [1.54, 1.807) is 0 Å². The van der Waals surface area contributed by atoms with Crippen LogP contribution in [0, 0.1) is 13.8 Å². The molecule has 2 atom stereocenters. The number of carbonyl (C=O) groups excluding carboxylic acids is 1. The number of nitrogens with zero attached hydrogens (tertiary/aromatic N) is 1. The second-order valence-electron chi connectivity index (χ2n) is 5.96. The maximum absolute atomic E-state index is 12.3. The quantitative estimate of drug-likeness (QED) is 0.845. The van der Waals surface area contributed by atoms with Crippen molar-refractivity contribution in [2.24, 2.45) is 0 Å². The number of ether oxygens (including phenoxy) is 1. The molecule has 3 heteroatoms. The second kappa shape index (κ2) is 6.29. The van der Waals surface area contributed by atoms with Crippen molar-refractivity contribution < 1.29 is 9.53 Å². The third kappa shape index (κ3) is 3.33. The van der Waals surface area contributed by atoms with Gasteiger partial charge in [0.1, 0.15) is 5.75 Å². The predicted octanol–water partition coefficient (Wildman–Crippen LogP) is 3.47. The van der Waals surface area contributed by atoms with Crippen LogP contribution in [0.2, 0.25) is 0 Å². The molecule has 1 aromatic rings. The van der Waals surface area contributed by atoms with Crippen LogP contribution in [0.3, 0.4) is 0 Å². The minimum atomic E-state index is 0.0999. The molecule has 20 heavy (non-hydrogen) atoms. The largest absolute Gasteiger partial charge is 0.484 e. The van der Waals surface area contributed by atoms with Crippen molar-refractivity contribution in [1.82, 2.24) is 4.90 Å². The van der Waals surface area contributed by atoms with Gasteiger partial charge >= 0.3 is 0 Å². The highest BCUT2D eigenvalue weighted by Gasteiger charge is 2.28. The zero-order valence-corrected chi connectivity index (χ0v) is 13.0. The minimum absolute atomic E-state index is 0.0999. The summed E-state index contributed by atoms with van der Waals surface area (Å²) in [6.07, 6.45) is 3.41. The summed E-state index contributed by atoms with van der Waals surface area (Å²) in [5.41, 5.74) is 2.43. The maximum Gasteiger partial charge on any atom is 0.260 e. The average Bonchev–Trinajstić information content (AvgIpc) is 2.40. The first-order valence-corrected chi connectivity index (χ1v) is 7.50. The molecule has 1 heterocycles. The SMILES string of the molecule is Cc1ccc(OCC(=O)N2[C@H](C)CCC[C@@H]2C)cc1C. The van der Waals surface area contributed by atoms with Crippen LogP contribution in [0.4, 0.5) is 0 Å². The van der Waals surface area contributed by atoms with Gasteiger partial charge in [-0.05, 0) is 70.2 Å². The lowest BCUT2D eigenvalue weighted by Gasteiger charge is -2.39. The first-order chi connectivity index (χ1) is 9.49. The van der Waals surface area contributed by atoms with Gasteiger partial charge in [0, 0.05) is 12.1 Å². The van der Waals surface area contributed by atoms with Crippen LogP contribution < -0.4 is 4.74 Å². The van der Waals surface area contributed by atoms with Gasteiger partial charge in [-0.1, -0.05) is 6.07 Å². The molecule has 0 bridgehead atoms. The molecule has 1 aliphatic rings. The highest BCUT2D eigenvalue weighted by Crippen LogP contribution is 2.23. The van der Waals surface area contributed by atoms with Crippen LogP contribution in [-0.2, 0) is 4.79 Å². The molecule has 0 unspecified atom stereocenters. The summed E-state index contributed by atoms with van der Waals surface area (Å²) in [6.45, 7) is 8.52. The molecule has 3 nitrogen and oxygen atoms in total. The number of hydrogen-bond donors (Lipinski definition) is 0. The van der Waals surface area contributed by atoms with E-state index in [2.05, 4.69) is 27.7 Å². The smallest absolute Gasteiger partial charge is 0.260 e. The van der Waals surface area contributed by atoms with E-state index in [1.807, 2.05) is 23.1 Å². The fourth-order valence-corrected chi connectivity index (χ4v) is 2.94. The van der Waals surface area contributed by atoms with Gasteiger partial charge in [0.15, 0.2) is 6.61 Å². The maximum atomic E-state index is 12.3. The highest BCUT2D eigenvalue weighted by molar-refractivity contribution is 5.78. The Morgan fingerprint density at radius 2 is 1.85 bits per heavy atom. The molecule has 1 saturated heterocycles. The Hall–Kier alpha value is -1.51. The average molecular weight is 275 g/mol. The molecule has 110 valence electrons. The monoisotopic (exact) mass is 275 g/mol. The number of rotatable bonds is 3. The normalized spacial score (nSPS) is 22.7. The Kier molecular flexibility index (Phi) is 4.69. The van der Waals surface area contributed by atoms with E-state index in [-0.39, 0.29) is 12.5 Å². The van der Waals surface area contributed by atoms with Crippen LogP contribution in [-0.4, -0.2) is 29.5 Å². The summed E-state index contributed by atoms with van der Waals surface area (Å²) in [5, 5.41) is 0. The molecular weight excluding hydrogens is 250 g/mol. The topological polar surface area (TPSA) is 29.5 Å². The Labute approximate surface area is 121 Å². The van der Waals surface area contributed by atoms with Gasteiger partial charge in [-0.15, -0.1) is 0 Å². The Morgan fingerprint density at radius 1 is 1.20 bits per heavy atom. The summed E-state index contributed by atoms with van der Waals surface area (Å²) in [5.74, 6) is 0.877. The zero-order chi connectivity index (χ0) is 14.7. The molecule has 0 aliphatic carbocycles. The van der Waals surface area contributed by atoms with E-state index in [0.29, 0.717) is 12.1 Å². The first-order valence-electron chi connectivity index (χ1n) is 7.50. The molecule has 0 N–H and O–H groups in total. The van der Waals surface area contributed by atoms with Crippen molar-refractivity contribution in [2.45, 2.75) is 59.0 Å². The van der Waals surface area contributed by atoms with Crippen molar-refractivity contribution in [2.75, 3.05) is 6.61 Å². The molecule has 0 radical (unpaired) electrons. The standard InChI is InChI=1S/C17H25NO2/c1-12-8-9-16(10-13(12)2)20-11-17(19)18-14(3)6-5-7-15(18)4/h8-10,14-15H,5-7,11H2,1-4H3/t14-,15+. The Morgan fingerprint density at radius 3 is 2.45 bits per heavy atom. The Balaban J connectivity index is 1.95. The van der Waals surface area contributed by atoms with Gasteiger partial charge in [-0.25, -0.2) is 0 Å². The number of carbonyl (C=O) groups is 1. The van der Waals surface area contributed by atoms with E-state index in [0.717, 1.165) is 18.6 Å². The Bertz CT molecular complexity index is 474. The number of benzene rings is 1. The van der Waals surface area contributed by atoms with E-state index in [1.165, 1.54) is 17.5 Å². The summed E-state index contributed by atoms with van der Waals surface area (Å²) in [6, 6.07) is 6.61. The third-order valence-corrected chi connectivity index (χ3v) is 4.32. The number of likely N-dealkylation sites (tertiary alicyclic amines) is 1. The number of amides is 1. The van der Waals surface area contributed by atoms with Gasteiger partial charge in [0.05, 0.1) is 0 Å². The predicted molar refractivity (Wildman–Crippen MR) is 81.0 cm³/mol. The lowest BCUT2D eigenvalue weighted by molar-refractivity contribution is -0.139. The molecule has 2 rings (SSSR count). The summed E-state index contributed by atoms with van der Waals surface area (Å²) >= 11 is 0. The number of hydrogen-bond acceptors (Lipinski definition) is 2. The summed E-state index contributed by atoms with van der Waals surface area (Å²) < 4.78 is 5.66. The number of piperidine rings is 1. The van der Waals surface area contributed by atoms with E-state index >= 15 is 0 Å². The second-order valence-corrected chi connectivity index (χ2v) is 5.96. The molecular formula is C17H25NO2. The van der Waals surface area contributed by atoms with Crippen molar-refractivity contribution in [3.8, 4) is 5.75 Å². The van der Waals surface area contributed by atoms with E-state index in [4.69, 9.17) is 4.74 Å². The zero-order valence-electron chi connectivity index (χ0n) is 13.0. The fourth-order valence-electron chi connectivity index (χ4n) is 2.94. The fraction of sp³-hybridized carbons (Fsp3) is 0.588. The first kappa shape index (κ1) is 14.9. The molecule has 0 saturated carbocycles. The van der Waals surface area contributed by atoms with Gasteiger partial charge in [0.25, 0.3) is 5.91 Å². The highest BCUT2D eigenvalue weighted by atomic mass is 16.5. The van der Waals surface area contributed by atoms with Gasteiger partial charge in [0.2, 0.25) is 0 Å². The molecule has 1 fully saturated rings. The molecule has 1 aromatic carbocycles. The third-order valence-electron chi connectivity index (χ3n) is 4.32. The minimum Gasteiger partial charge on any atom is -0.484 e. The van der Waals surface area contributed by atoms with Crippen molar-refractivity contribution in [3.05, 3.63) is 29.3 Å². The lowest BCUT2D eigenvalue weighted by Crippen LogP contribution is -2.49. The summed E-state index contributed by atoms with van der Waals surface area (Å²) in [7, 11) is 0. The van der Waals surface area contributed by atoms with Crippen LogP contribution >= 0.6 is 0 Å².